The number of rotatable bonds is 3. The number of allylic oxidation sites excluding steroid dienone is 1. The lowest BCUT2D eigenvalue weighted by Crippen LogP contribution is -2.19. The van der Waals surface area contributed by atoms with Crippen molar-refractivity contribution in [2.24, 2.45) is 11.7 Å². The molecule has 0 aliphatic carbocycles. The molecule has 1 amide bonds. The van der Waals surface area contributed by atoms with Gasteiger partial charge in [0.15, 0.2) is 0 Å². The summed E-state index contributed by atoms with van der Waals surface area (Å²) in [6, 6.07) is 0. The minimum atomic E-state index is -0.259. The van der Waals surface area contributed by atoms with Gasteiger partial charge in [0.1, 0.15) is 0 Å². The molecule has 0 bridgehead atoms. The fourth-order valence-corrected chi connectivity index (χ4v) is 0.366. The summed E-state index contributed by atoms with van der Waals surface area (Å²) in [5, 5.41) is 0. The van der Waals surface area contributed by atoms with Crippen LogP contribution in [0, 0.1) is 5.92 Å². The molecular weight excluding hydrogens is 102 g/mol. The highest BCUT2D eigenvalue weighted by Gasteiger charge is 2.03. The van der Waals surface area contributed by atoms with E-state index in [0.717, 1.165) is 0 Å². The van der Waals surface area contributed by atoms with Gasteiger partial charge in [0, 0.05) is 5.92 Å². The maximum absolute atomic E-state index is 10.3. The van der Waals surface area contributed by atoms with Crippen LogP contribution in [0.15, 0.2) is 12.7 Å². The van der Waals surface area contributed by atoms with Crippen molar-refractivity contribution in [1.82, 2.24) is 0 Å². The lowest BCUT2D eigenvalue weighted by Gasteiger charge is -1.99. The first-order chi connectivity index (χ1) is 3.68. The van der Waals surface area contributed by atoms with E-state index >= 15 is 0 Å². The third-order valence-electron chi connectivity index (χ3n) is 1.01. The van der Waals surface area contributed by atoms with Crippen molar-refractivity contribution < 1.29 is 4.79 Å². The van der Waals surface area contributed by atoms with Crippen molar-refractivity contribution in [2.75, 3.05) is 0 Å². The van der Waals surface area contributed by atoms with Crippen LogP contribution < -0.4 is 5.73 Å². The summed E-state index contributed by atoms with van der Waals surface area (Å²) in [5.74, 6) is -0.322. The van der Waals surface area contributed by atoms with E-state index in [1.54, 1.807) is 13.0 Å². The molecular formula is C6H11NO. The molecule has 0 aliphatic heterocycles. The van der Waals surface area contributed by atoms with Crippen molar-refractivity contribution >= 4 is 5.91 Å². The topological polar surface area (TPSA) is 43.1 Å². The summed E-state index contributed by atoms with van der Waals surface area (Å²) in [5.41, 5.74) is 4.94. The van der Waals surface area contributed by atoms with Gasteiger partial charge in [-0.2, -0.15) is 0 Å². The van der Waals surface area contributed by atoms with Crippen LogP contribution >= 0.6 is 0 Å². The first-order valence-electron chi connectivity index (χ1n) is 2.58. The molecule has 0 spiro atoms. The molecule has 2 heteroatoms. The lowest BCUT2D eigenvalue weighted by molar-refractivity contribution is -0.121. The Labute approximate surface area is 49.4 Å². The van der Waals surface area contributed by atoms with Gasteiger partial charge in [0.2, 0.25) is 5.91 Å². The number of amides is 1. The van der Waals surface area contributed by atoms with E-state index in [0.29, 0.717) is 6.42 Å². The highest BCUT2D eigenvalue weighted by atomic mass is 16.1. The summed E-state index contributed by atoms with van der Waals surface area (Å²) >= 11 is 0. The second-order valence-electron chi connectivity index (χ2n) is 1.83. The number of carbonyl (C=O) groups excluding carboxylic acids is 1. The van der Waals surface area contributed by atoms with Gasteiger partial charge in [0.25, 0.3) is 0 Å². The average Bonchev–Trinajstić information content (AvgIpc) is 1.67. The molecule has 0 heterocycles. The van der Waals surface area contributed by atoms with Crippen molar-refractivity contribution in [3.63, 3.8) is 0 Å². The van der Waals surface area contributed by atoms with Crippen molar-refractivity contribution in [3.8, 4) is 0 Å². The summed E-state index contributed by atoms with van der Waals surface area (Å²) in [6.45, 7) is 5.26. The Morgan fingerprint density at radius 3 is 2.62 bits per heavy atom. The highest BCUT2D eigenvalue weighted by molar-refractivity contribution is 5.76. The molecule has 0 unspecified atom stereocenters. The second kappa shape index (κ2) is 3.24. The van der Waals surface area contributed by atoms with E-state index in [9.17, 15) is 4.79 Å². The molecule has 8 heavy (non-hydrogen) atoms. The van der Waals surface area contributed by atoms with Crippen LogP contribution in [0.1, 0.15) is 13.3 Å². The second-order valence-corrected chi connectivity index (χ2v) is 1.83. The van der Waals surface area contributed by atoms with E-state index in [1.165, 1.54) is 0 Å². The molecule has 0 fully saturated rings. The van der Waals surface area contributed by atoms with Crippen molar-refractivity contribution in [2.45, 2.75) is 13.3 Å². The zero-order valence-corrected chi connectivity index (χ0v) is 5.05. The van der Waals surface area contributed by atoms with Crippen LogP contribution in [0.5, 0.6) is 0 Å². The Kier molecular flexibility index (Phi) is 2.92. The molecule has 0 aromatic carbocycles. The Bertz CT molecular complexity index is 98.7. The number of nitrogens with two attached hydrogens (primary N) is 1. The van der Waals surface area contributed by atoms with Gasteiger partial charge in [-0.15, -0.1) is 6.58 Å². The predicted octanol–water partition coefficient (Wildman–Crippen LogP) is 0.684. The molecule has 0 aromatic heterocycles. The molecule has 0 rings (SSSR count). The number of primary amides is 1. The molecule has 46 valence electrons. The van der Waals surface area contributed by atoms with Crippen LogP contribution in [0.3, 0.4) is 0 Å². The third-order valence-corrected chi connectivity index (χ3v) is 1.01. The molecule has 0 radical (unpaired) electrons. The summed E-state index contributed by atoms with van der Waals surface area (Å²) in [4.78, 5) is 10.3. The highest BCUT2D eigenvalue weighted by Crippen LogP contribution is 1.98. The van der Waals surface area contributed by atoms with Crippen LogP contribution in [0.2, 0.25) is 0 Å². The van der Waals surface area contributed by atoms with Crippen LogP contribution in [0.4, 0.5) is 0 Å². The van der Waals surface area contributed by atoms with E-state index in [1.807, 2.05) is 0 Å². The minimum absolute atomic E-state index is 0.0625. The molecule has 0 aliphatic rings. The van der Waals surface area contributed by atoms with E-state index in [-0.39, 0.29) is 11.8 Å². The summed E-state index contributed by atoms with van der Waals surface area (Å²) in [6.07, 6.45) is 2.37. The van der Waals surface area contributed by atoms with Gasteiger partial charge in [-0.1, -0.05) is 13.0 Å². The van der Waals surface area contributed by atoms with Crippen LogP contribution in [-0.2, 0) is 4.79 Å². The van der Waals surface area contributed by atoms with E-state index in [4.69, 9.17) is 5.73 Å². The third kappa shape index (κ3) is 2.39. The fraction of sp³-hybridized carbons (Fsp3) is 0.500. The maximum atomic E-state index is 10.3. The number of carbonyl (C=O) groups is 1. The Morgan fingerprint density at radius 2 is 2.50 bits per heavy atom. The molecule has 0 saturated heterocycles. The lowest BCUT2D eigenvalue weighted by atomic mass is 10.1. The summed E-state index contributed by atoms with van der Waals surface area (Å²) < 4.78 is 0. The Hall–Kier alpha value is -0.790. The monoisotopic (exact) mass is 113 g/mol. The maximum Gasteiger partial charge on any atom is 0.220 e. The molecule has 0 saturated carbocycles. The largest absolute Gasteiger partial charge is 0.369 e. The van der Waals surface area contributed by atoms with Gasteiger partial charge in [0.05, 0.1) is 0 Å². The SMILES string of the molecule is C=CC[C@@H](C)C(N)=O. The molecule has 2 nitrogen and oxygen atoms in total. The zero-order chi connectivity index (χ0) is 6.57. The normalized spacial score (nSPS) is 12.6. The molecule has 1 atom stereocenters. The standard InChI is InChI=1S/C6H11NO/c1-3-4-5(2)6(7)8/h3,5H,1,4H2,2H3,(H2,7,8)/t5-/m1/s1. The smallest absolute Gasteiger partial charge is 0.220 e. The predicted molar refractivity (Wildman–Crippen MR) is 33.2 cm³/mol. The van der Waals surface area contributed by atoms with Gasteiger partial charge < -0.3 is 5.73 Å². The summed E-state index contributed by atoms with van der Waals surface area (Å²) in [7, 11) is 0. The fourth-order valence-electron chi connectivity index (χ4n) is 0.366. The zero-order valence-electron chi connectivity index (χ0n) is 5.05. The number of hydrogen-bond acceptors (Lipinski definition) is 1. The van der Waals surface area contributed by atoms with Crippen molar-refractivity contribution in [1.29, 1.82) is 0 Å². The number of hydrogen-bond donors (Lipinski definition) is 1. The quantitative estimate of drug-likeness (QED) is 0.537. The van der Waals surface area contributed by atoms with Crippen molar-refractivity contribution in [3.05, 3.63) is 12.7 Å². The Morgan fingerprint density at radius 1 is 2.00 bits per heavy atom. The van der Waals surface area contributed by atoms with Crippen LogP contribution in [-0.4, -0.2) is 5.91 Å². The van der Waals surface area contributed by atoms with E-state index < -0.39 is 0 Å². The first kappa shape index (κ1) is 7.21. The minimum Gasteiger partial charge on any atom is -0.369 e. The van der Waals surface area contributed by atoms with Crippen LogP contribution in [0.25, 0.3) is 0 Å². The van der Waals surface area contributed by atoms with E-state index in [2.05, 4.69) is 6.58 Å². The van der Waals surface area contributed by atoms with Gasteiger partial charge in [-0.25, -0.2) is 0 Å². The molecule has 2 N–H and O–H groups in total. The van der Waals surface area contributed by atoms with Gasteiger partial charge >= 0.3 is 0 Å². The van der Waals surface area contributed by atoms with Gasteiger partial charge in [-0.05, 0) is 6.42 Å². The Balaban J connectivity index is 3.46. The molecule has 0 aromatic rings. The first-order valence-corrected chi connectivity index (χ1v) is 2.58. The average molecular weight is 113 g/mol. The van der Waals surface area contributed by atoms with Gasteiger partial charge in [-0.3, -0.25) is 4.79 Å².